The van der Waals surface area contributed by atoms with Gasteiger partial charge in [-0.1, -0.05) is 18.2 Å². The van der Waals surface area contributed by atoms with E-state index in [1.165, 1.54) is 0 Å². The smallest absolute Gasteiger partial charge is 0.330 e. The van der Waals surface area contributed by atoms with Crippen LogP contribution < -0.4 is 4.57 Å². The Hall–Kier alpha value is -4.10. The van der Waals surface area contributed by atoms with Gasteiger partial charge in [-0.25, -0.2) is 9.36 Å². The minimum absolute atomic E-state index is 0.0800. The summed E-state index contributed by atoms with van der Waals surface area (Å²) < 4.78 is 33.4. The van der Waals surface area contributed by atoms with E-state index in [2.05, 4.69) is 24.5 Å². The van der Waals surface area contributed by atoms with Gasteiger partial charge in [0.1, 0.15) is 0 Å². The SMILES string of the molecule is CC1=CN(C)N(CCCS(=O)(=O)O)/C1=C/C=C/C=C/C1=Nc2c(ccc[n+]2CCCCCC(=O)ON2C(=O)CCC2=O)C1(C)C. The van der Waals surface area contributed by atoms with Crippen molar-refractivity contribution in [3.05, 3.63) is 71.7 Å². The number of hydrogen-bond donors (Lipinski definition) is 1. The molecular formula is C32H42N5O7S+. The molecule has 3 aliphatic heterocycles. The number of rotatable bonds is 14. The number of aliphatic imine (C=N–C) groups is 1. The van der Waals surface area contributed by atoms with Gasteiger partial charge in [0, 0.05) is 39.1 Å². The second-order valence-electron chi connectivity index (χ2n) is 11.9. The van der Waals surface area contributed by atoms with Crippen LogP contribution in [0.15, 0.2) is 71.2 Å². The van der Waals surface area contributed by atoms with Gasteiger partial charge < -0.3 is 4.84 Å². The Kier molecular flexibility index (Phi) is 10.8. The molecule has 1 aromatic rings. The summed E-state index contributed by atoms with van der Waals surface area (Å²) >= 11 is 0. The highest BCUT2D eigenvalue weighted by Gasteiger charge is 2.41. The number of allylic oxidation sites excluding steroid dienone is 6. The van der Waals surface area contributed by atoms with Crippen LogP contribution in [-0.4, -0.2) is 70.9 Å². The Morgan fingerprint density at radius 3 is 2.56 bits per heavy atom. The molecular weight excluding hydrogens is 598 g/mol. The summed E-state index contributed by atoms with van der Waals surface area (Å²) in [5.41, 5.74) is 3.79. The zero-order chi connectivity index (χ0) is 32.8. The molecule has 0 spiro atoms. The standard InChI is InChI=1S/C32H41N5O7S/c1-24-23-34(4)36(21-12-22-45(41,42)43)26(24)14-7-5-8-15-27-32(2,3)25-13-11-20-35(31(25)33-27)19-10-6-9-16-30(40)44-37-28(38)17-18-29(37)39/h5,7-8,11,13-15,20,23H,6,9-10,12,16-19,21-22H2,1-4H3/p+1. The van der Waals surface area contributed by atoms with Gasteiger partial charge in [0.25, 0.3) is 21.9 Å². The van der Waals surface area contributed by atoms with Crippen molar-refractivity contribution in [2.75, 3.05) is 19.3 Å². The molecule has 0 aromatic carbocycles. The van der Waals surface area contributed by atoms with Crippen molar-refractivity contribution in [1.29, 1.82) is 0 Å². The summed E-state index contributed by atoms with van der Waals surface area (Å²) in [6.07, 6.45) is 16.6. The predicted octanol–water partition coefficient (Wildman–Crippen LogP) is 3.85. The van der Waals surface area contributed by atoms with Gasteiger partial charge in [0.15, 0.2) is 5.71 Å². The maximum absolute atomic E-state index is 12.1. The lowest BCUT2D eigenvalue weighted by Gasteiger charge is -2.28. The number of carbonyl (C=O) groups excluding carboxylic acids is 3. The van der Waals surface area contributed by atoms with Crippen LogP contribution in [-0.2, 0) is 41.3 Å². The number of carbonyl (C=O) groups is 3. The van der Waals surface area contributed by atoms with Gasteiger partial charge in [-0.05, 0) is 81.3 Å². The third kappa shape index (κ3) is 8.54. The Labute approximate surface area is 264 Å². The molecule has 0 radical (unpaired) electrons. The number of nitrogens with zero attached hydrogens (tertiary/aromatic N) is 5. The molecule has 0 aliphatic carbocycles. The number of aryl methyl sites for hydroxylation is 1. The second kappa shape index (κ2) is 14.3. The fourth-order valence-corrected chi connectivity index (χ4v) is 6.04. The summed E-state index contributed by atoms with van der Waals surface area (Å²) in [6, 6.07) is 4.11. The minimum Gasteiger partial charge on any atom is -0.330 e. The fourth-order valence-electron chi connectivity index (χ4n) is 5.55. The second-order valence-corrected chi connectivity index (χ2v) is 13.4. The Bertz CT molecular complexity index is 1570. The Morgan fingerprint density at radius 1 is 1.11 bits per heavy atom. The van der Waals surface area contributed by atoms with Crippen LogP contribution in [0.4, 0.5) is 5.82 Å². The van der Waals surface area contributed by atoms with Crippen LogP contribution in [0.25, 0.3) is 0 Å². The average Bonchev–Trinajstić information content (AvgIpc) is 3.52. The van der Waals surface area contributed by atoms with Crippen LogP contribution >= 0.6 is 0 Å². The molecule has 0 unspecified atom stereocenters. The molecule has 0 bridgehead atoms. The molecule has 1 N–H and O–H groups in total. The molecule has 1 saturated heterocycles. The Balaban J connectivity index is 1.31. The van der Waals surface area contributed by atoms with E-state index in [1.54, 1.807) is 0 Å². The van der Waals surface area contributed by atoms with Gasteiger partial charge >= 0.3 is 11.8 Å². The van der Waals surface area contributed by atoms with Crippen LogP contribution in [0.5, 0.6) is 0 Å². The Morgan fingerprint density at radius 2 is 1.84 bits per heavy atom. The molecule has 4 rings (SSSR count). The van der Waals surface area contributed by atoms with E-state index >= 15 is 0 Å². The molecule has 4 heterocycles. The summed E-state index contributed by atoms with van der Waals surface area (Å²) in [5, 5.41) is 4.47. The molecule has 0 saturated carbocycles. The molecule has 3 aliphatic rings. The van der Waals surface area contributed by atoms with E-state index in [1.807, 2.05) is 72.8 Å². The average molecular weight is 641 g/mol. The van der Waals surface area contributed by atoms with E-state index in [9.17, 15) is 22.8 Å². The molecule has 13 heteroatoms. The lowest BCUT2D eigenvalue weighted by molar-refractivity contribution is -0.684. The summed E-state index contributed by atoms with van der Waals surface area (Å²) in [4.78, 5) is 45.2. The first-order valence-electron chi connectivity index (χ1n) is 15.2. The van der Waals surface area contributed by atoms with Gasteiger partial charge in [-0.3, -0.25) is 24.2 Å². The largest absolute Gasteiger partial charge is 0.333 e. The highest BCUT2D eigenvalue weighted by molar-refractivity contribution is 7.85. The number of hydrogen-bond acceptors (Lipinski definition) is 9. The highest BCUT2D eigenvalue weighted by atomic mass is 32.2. The number of amides is 2. The lowest BCUT2D eigenvalue weighted by Crippen LogP contribution is -2.35. The first kappa shape index (κ1) is 33.8. The van der Waals surface area contributed by atoms with E-state index < -0.39 is 27.9 Å². The topological polar surface area (TPSA) is 141 Å². The number of aromatic nitrogens is 1. The number of fused-ring (bicyclic) bond motifs is 1. The third-order valence-electron chi connectivity index (χ3n) is 8.01. The number of imide groups is 1. The molecule has 1 fully saturated rings. The predicted molar refractivity (Wildman–Crippen MR) is 168 cm³/mol. The molecule has 0 atom stereocenters. The molecule has 242 valence electrons. The maximum Gasteiger partial charge on any atom is 0.333 e. The van der Waals surface area contributed by atoms with Crippen molar-refractivity contribution in [3.63, 3.8) is 0 Å². The van der Waals surface area contributed by atoms with E-state index in [-0.39, 0.29) is 30.4 Å². The molecule has 2 amide bonds. The number of pyridine rings is 1. The van der Waals surface area contributed by atoms with Gasteiger partial charge in [-0.2, -0.15) is 8.42 Å². The fraction of sp³-hybridized carbons (Fsp3) is 0.469. The zero-order valence-corrected chi connectivity index (χ0v) is 27.1. The van der Waals surface area contributed by atoms with E-state index in [0.29, 0.717) is 24.4 Å². The summed E-state index contributed by atoms with van der Waals surface area (Å²) in [5.74, 6) is -0.896. The molecule has 1 aromatic heterocycles. The molecule has 12 nitrogen and oxygen atoms in total. The number of hydroxylamine groups is 2. The van der Waals surface area contributed by atoms with Crippen LogP contribution in [0.2, 0.25) is 0 Å². The lowest BCUT2D eigenvalue weighted by atomic mass is 9.82. The van der Waals surface area contributed by atoms with Gasteiger partial charge in [0.05, 0.1) is 35.2 Å². The quantitative estimate of drug-likeness (QED) is 0.106. The first-order valence-corrected chi connectivity index (χ1v) is 16.8. The number of hydrazine groups is 1. The maximum atomic E-state index is 12.1. The van der Waals surface area contributed by atoms with Crippen molar-refractivity contribution in [2.24, 2.45) is 4.99 Å². The van der Waals surface area contributed by atoms with Crippen molar-refractivity contribution in [2.45, 2.75) is 77.7 Å². The van der Waals surface area contributed by atoms with Crippen LogP contribution in [0.1, 0.15) is 71.3 Å². The summed E-state index contributed by atoms with van der Waals surface area (Å²) in [7, 11) is -2.10. The summed E-state index contributed by atoms with van der Waals surface area (Å²) in [6.45, 7) is 7.47. The van der Waals surface area contributed by atoms with Crippen LogP contribution in [0, 0.1) is 0 Å². The minimum atomic E-state index is -4.00. The van der Waals surface area contributed by atoms with Crippen molar-refractivity contribution < 1.29 is 36.8 Å². The van der Waals surface area contributed by atoms with Crippen LogP contribution in [0.3, 0.4) is 0 Å². The van der Waals surface area contributed by atoms with Gasteiger partial charge in [0.2, 0.25) is 0 Å². The number of unbranched alkanes of at least 4 members (excludes halogenated alkanes) is 2. The zero-order valence-electron chi connectivity index (χ0n) is 26.3. The van der Waals surface area contributed by atoms with E-state index in [4.69, 9.17) is 14.4 Å². The van der Waals surface area contributed by atoms with Crippen molar-refractivity contribution in [3.8, 4) is 0 Å². The molecule has 45 heavy (non-hydrogen) atoms. The highest BCUT2D eigenvalue weighted by Crippen LogP contribution is 2.38. The van der Waals surface area contributed by atoms with Crippen molar-refractivity contribution in [1.82, 2.24) is 15.1 Å². The van der Waals surface area contributed by atoms with Crippen molar-refractivity contribution >= 4 is 39.4 Å². The van der Waals surface area contributed by atoms with E-state index in [0.717, 1.165) is 47.7 Å². The third-order valence-corrected chi connectivity index (χ3v) is 8.81. The van der Waals surface area contributed by atoms with Gasteiger partial charge in [-0.15, -0.1) is 5.06 Å². The monoisotopic (exact) mass is 640 g/mol. The normalized spacial score (nSPS) is 19.0. The first-order chi connectivity index (χ1) is 21.3.